The fourth-order valence-electron chi connectivity index (χ4n) is 5.52. The van der Waals surface area contributed by atoms with Crippen molar-refractivity contribution < 1.29 is 19.1 Å². The molecule has 0 spiro atoms. The van der Waals surface area contributed by atoms with Crippen LogP contribution in [-0.2, 0) is 22.6 Å². The van der Waals surface area contributed by atoms with Crippen LogP contribution in [-0.4, -0.2) is 52.9 Å². The zero-order chi connectivity index (χ0) is 24.8. The number of para-hydroxylation sites is 1. The van der Waals surface area contributed by atoms with Gasteiger partial charge in [-0.15, -0.1) is 11.3 Å². The standard InChI is InChI=1S/C28H27N3O4S/c1-3-35-23-11-10-17(13-24(23)34-2)27-26-20(19-8-4-5-9-21(19)29-26)14-22-28(33)30(16-25(32)31(22)27)15-18-7-6-12-36-18/h4-13,22,27,29H,3,14-16H2,1-2H3/t22-,27+/m0/s1. The highest BCUT2D eigenvalue weighted by molar-refractivity contribution is 7.09. The van der Waals surface area contributed by atoms with E-state index in [2.05, 4.69) is 11.1 Å². The second-order valence-corrected chi connectivity index (χ2v) is 10.1. The van der Waals surface area contributed by atoms with Gasteiger partial charge in [-0.05, 0) is 47.7 Å². The molecule has 1 saturated heterocycles. The number of nitrogens with zero attached hydrogens (tertiary/aromatic N) is 2. The van der Waals surface area contributed by atoms with Crippen molar-refractivity contribution in [3.63, 3.8) is 0 Å². The lowest BCUT2D eigenvalue weighted by atomic mass is 9.86. The number of nitrogens with one attached hydrogen (secondary N) is 1. The third-order valence-corrected chi connectivity index (χ3v) is 7.93. The fraction of sp³-hybridized carbons (Fsp3) is 0.286. The van der Waals surface area contributed by atoms with Gasteiger partial charge in [0.15, 0.2) is 11.5 Å². The van der Waals surface area contributed by atoms with Crippen LogP contribution in [0.15, 0.2) is 60.0 Å². The molecule has 2 aromatic carbocycles. The third kappa shape index (κ3) is 3.64. The number of aromatic amines is 1. The molecule has 8 heteroatoms. The quantitative estimate of drug-likeness (QED) is 0.422. The van der Waals surface area contributed by atoms with Crippen molar-refractivity contribution in [3.05, 3.63) is 81.7 Å². The SMILES string of the molecule is CCOc1ccc([C@@H]2c3[nH]c4ccccc4c3C[C@H]3C(=O)N(Cc4cccs4)CC(=O)N23)cc1OC. The molecule has 2 amide bonds. The third-order valence-electron chi connectivity index (χ3n) is 7.07. The van der Waals surface area contributed by atoms with Crippen molar-refractivity contribution in [3.8, 4) is 11.5 Å². The summed E-state index contributed by atoms with van der Waals surface area (Å²) < 4.78 is 11.3. The molecular weight excluding hydrogens is 474 g/mol. The maximum Gasteiger partial charge on any atom is 0.246 e. The first-order valence-corrected chi connectivity index (χ1v) is 13.0. The number of carbonyl (C=O) groups excluding carboxylic acids is 2. The first-order chi connectivity index (χ1) is 17.6. The maximum atomic E-state index is 13.8. The van der Waals surface area contributed by atoms with Crippen molar-refractivity contribution in [2.75, 3.05) is 20.3 Å². The summed E-state index contributed by atoms with van der Waals surface area (Å²) in [5.74, 6) is 1.18. The summed E-state index contributed by atoms with van der Waals surface area (Å²) in [7, 11) is 1.61. The molecule has 4 heterocycles. The number of rotatable bonds is 6. The number of fused-ring (bicyclic) bond motifs is 4. The summed E-state index contributed by atoms with van der Waals surface area (Å²) in [4.78, 5) is 35.6. The summed E-state index contributed by atoms with van der Waals surface area (Å²) >= 11 is 1.60. The van der Waals surface area contributed by atoms with E-state index < -0.39 is 12.1 Å². The minimum Gasteiger partial charge on any atom is -0.493 e. The molecular formula is C28H27N3O4S. The highest BCUT2D eigenvalue weighted by Crippen LogP contribution is 2.44. The summed E-state index contributed by atoms with van der Waals surface area (Å²) in [6, 6.07) is 16.8. The van der Waals surface area contributed by atoms with Crippen LogP contribution in [0.1, 0.15) is 34.7 Å². The van der Waals surface area contributed by atoms with Crippen molar-refractivity contribution >= 4 is 34.1 Å². The van der Waals surface area contributed by atoms with Gasteiger partial charge in [-0.3, -0.25) is 9.59 Å². The lowest BCUT2D eigenvalue weighted by Crippen LogP contribution is -2.62. The average molecular weight is 502 g/mol. The Morgan fingerprint density at radius 1 is 1.08 bits per heavy atom. The Balaban J connectivity index is 1.48. The van der Waals surface area contributed by atoms with E-state index in [0.29, 0.717) is 31.1 Å². The van der Waals surface area contributed by atoms with E-state index in [0.717, 1.165) is 32.6 Å². The van der Waals surface area contributed by atoms with Gasteiger partial charge < -0.3 is 24.3 Å². The molecule has 1 N–H and O–H groups in total. The number of thiophene rings is 1. The van der Waals surface area contributed by atoms with Gasteiger partial charge in [0.1, 0.15) is 12.6 Å². The van der Waals surface area contributed by atoms with Gasteiger partial charge in [0.25, 0.3) is 0 Å². The summed E-state index contributed by atoms with van der Waals surface area (Å²) in [5, 5.41) is 3.08. The Kier molecular flexibility index (Phi) is 5.68. The van der Waals surface area contributed by atoms with E-state index >= 15 is 0 Å². The zero-order valence-corrected chi connectivity index (χ0v) is 21.0. The summed E-state index contributed by atoms with van der Waals surface area (Å²) in [6.45, 7) is 2.96. The molecule has 2 atom stereocenters. The lowest BCUT2D eigenvalue weighted by Gasteiger charge is -2.47. The Morgan fingerprint density at radius 2 is 1.94 bits per heavy atom. The van der Waals surface area contributed by atoms with Crippen molar-refractivity contribution in [2.45, 2.75) is 32.0 Å². The molecule has 0 aliphatic carbocycles. The van der Waals surface area contributed by atoms with Crippen LogP contribution in [0, 0.1) is 0 Å². The van der Waals surface area contributed by atoms with Gasteiger partial charge >= 0.3 is 0 Å². The number of methoxy groups -OCH3 is 1. The van der Waals surface area contributed by atoms with Gasteiger partial charge in [0, 0.05) is 27.9 Å². The molecule has 0 unspecified atom stereocenters. The molecule has 36 heavy (non-hydrogen) atoms. The lowest BCUT2D eigenvalue weighted by molar-refractivity contribution is -0.159. The fourth-order valence-corrected chi connectivity index (χ4v) is 6.24. The zero-order valence-electron chi connectivity index (χ0n) is 20.2. The number of H-pyrrole nitrogens is 1. The number of amides is 2. The molecule has 6 rings (SSSR count). The Bertz CT molecular complexity index is 1440. The predicted molar refractivity (Wildman–Crippen MR) is 138 cm³/mol. The van der Waals surface area contributed by atoms with Crippen molar-refractivity contribution in [1.82, 2.24) is 14.8 Å². The van der Waals surface area contributed by atoms with E-state index in [-0.39, 0.29) is 18.4 Å². The molecule has 0 bridgehead atoms. The molecule has 2 aromatic heterocycles. The van der Waals surface area contributed by atoms with Crippen LogP contribution >= 0.6 is 11.3 Å². The van der Waals surface area contributed by atoms with Crippen LogP contribution in [0.4, 0.5) is 0 Å². The van der Waals surface area contributed by atoms with Crippen molar-refractivity contribution in [1.29, 1.82) is 0 Å². The second-order valence-electron chi connectivity index (χ2n) is 9.10. The smallest absolute Gasteiger partial charge is 0.246 e. The van der Waals surface area contributed by atoms with Crippen LogP contribution in [0.2, 0.25) is 0 Å². The average Bonchev–Trinajstić information content (AvgIpc) is 3.54. The maximum absolute atomic E-state index is 13.8. The largest absolute Gasteiger partial charge is 0.493 e. The Morgan fingerprint density at radius 3 is 2.72 bits per heavy atom. The number of benzene rings is 2. The van der Waals surface area contributed by atoms with Gasteiger partial charge in [-0.25, -0.2) is 0 Å². The first-order valence-electron chi connectivity index (χ1n) is 12.1. The molecule has 0 radical (unpaired) electrons. The molecule has 184 valence electrons. The van der Waals surface area contributed by atoms with E-state index in [4.69, 9.17) is 9.47 Å². The minimum atomic E-state index is -0.569. The molecule has 7 nitrogen and oxygen atoms in total. The van der Waals surface area contributed by atoms with Gasteiger partial charge in [-0.1, -0.05) is 30.3 Å². The second kappa shape index (κ2) is 9.02. The highest BCUT2D eigenvalue weighted by Gasteiger charge is 2.48. The van der Waals surface area contributed by atoms with E-state index in [1.807, 2.05) is 60.8 Å². The molecule has 4 aromatic rings. The van der Waals surface area contributed by atoms with Gasteiger partial charge in [-0.2, -0.15) is 0 Å². The summed E-state index contributed by atoms with van der Waals surface area (Å²) in [6.07, 6.45) is 0.482. The summed E-state index contributed by atoms with van der Waals surface area (Å²) in [5.41, 5.74) is 3.91. The molecule has 0 saturated carbocycles. The number of aromatic nitrogens is 1. The Hall–Kier alpha value is -3.78. The molecule has 2 aliphatic rings. The molecule has 2 aliphatic heterocycles. The predicted octanol–water partition coefficient (Wildman–Crippen LogP) is 4.52. The van der Waals surface area contributed by atoms with E-state index in [1.165, 1.54) is 0 Å². The Labute approximate surface area is 213 Å². The monoisotopic (exact) mass is 501 g/mol. The topological polar surface area (TPSA) is 74.9 Å². The number of piperazine rings is 1. The van der Waals surface area contributed by atoms with Crippen LogP contribution in [0.25, 0.3) is 10.9 Å². The van der Waals surface area contributed by atoms with Gasteiger partial charge in [0.05, 0.1) is 26.3 Å². The van der Waals surface area contributed by atoms with Crippen LogP contribution in [0.3, 0.4) is 0 Å². The molecule has 1 fully saturated rings. The first kappa shape index (κ1) is 22.7. The van der Waals surface area contributed by atoms with E-state index in [9.17, 15) is 9.59 Å². The van der Waals surface area contributed by atoms with Crippen molar-refractivity contribution in [2.24, 2.45) is 0 Å². The minimum absolute atomic E-state index is 0.0122. The van der Waals surface area contributed by atoms with Gasteiger partial charge in [0.2, 0.25) is 11.8 Å². The normalized spacial score (nSPS) is 19.4. The van der Waals surface area contributed by atoms with Crippen LogP contribution in [0.5, 0.6) is 11.5 Å². The highest BCUT2D eigenvalue weighted by atomic mass is 32.1. The number of hydrogen-bond donors (Lipinski definition) is 1. The number of ether oxygens (including phenoxy) is 2. The van der Waals surface area contributed by atoms with Crippen LogP contribution < -0.4 is 9.47 Å². The van der Waals surface area contributed by atoms with E-state index in [1.54, 1.807) is 28.2 Å². The number of hydrogen-bond acceptors (Lipinski definition) is 5. The number of carbonyl (C=O) groups is 2.